The molecule has 20 heavy (non-hydrogen) atoms. The zero-order valence-electron chi connectivity index (χ0n) is 10.4. The number of para-hydroxylation sites is 1. The number of ether oxygens (including phenoxy) is 1. The summed E-state index contributed by atoms with van der Waals surface area (Å²) in [6, 6.07) is 10.8. The molecule has 2 aromatic rings. The first-order valence-electron chi connectivity index (χ1n) is 6.07. The fourth-order valence-corrected chi connectivity index (χ4v) is 2.25. The normalized spacial score (nSPS) is 16.4. The summed E-state index contributed by atoms with van der Waals surface area (Å²) in [4.78, 5) is 10.1. The number of nitrogens with one attached hydrogen (secondary N) is 1. The van der Waals surface area contributed by atoms with Crippen LogP contribution in [0.2, 0.25) is 0 Å². The lowest BCUT2D eigenvalue weighted by molar-refractivity contribution is -0.385. The molecule has 0 bridgehead atoms. The highest BCUT2D eigenvalue weighted by Crippen LogP contribution is 2.34. The Hall–Kier alpha value is -2.63. The monoisotopic (exact) mass is 274 g/mol. The number of hydrogen-bond acceptors (Lipinski definition) is 4. The van der Waals surface area contributed by atoms with Crippen LogP contribution in [0.1, 0.15) is 11.6 Å². The molecule has 0 aromatic heterocycles. The van der Waals surface area contributed by atoms with E-state index in [2.05, 4.69) is 5.32 Å². The van der Waals surface area contributed by atoms with Gasteiger partial charge in [-0.15, -0.1) is 0 Å². The first-order valence-corrected chi connectivity index (χ1v) is 6.07. The van der Waals surface area contributed by atoms with Gasteiger partial charge in [0.05, 0.1) is 17.0 Å². The third kappa shape index (κ3) is 2.27. The van der Waals surface area contributed by atoms with Crippen LogP contribution >= 0.6 is 0 Å². The molecule has 0 saturated heterocycles. The second kappa shape index (κ2) is 4.80. The number of halogens is 1. The summed E-state index contributed by atoms with van der Waals surface area (Å²) in [5, 5.41) is 13.8. The molecule has 1 unspecified atom stereocenters. The van der Waals surface area contributed by atoms with Gasteiger partial charge in [0.2, 0.25) is 0 Å². The molecule has 0 fully saturated rings. The van der Waals surface area contributed by atoms with Crippen molar-refractivity contribution in [3.63, 3.8) is 0 Å². The highest BCUT2D eigenvalue weighted by atomic mass is 19.1. The van der Waals surface area contributed by atoms with Crippen LogP contribution in [0, 0.1) is 15.9 Å². The highest BCUT2D eigenvalue weighted by molar-refractivity contribution is 5.54. The van der Waals surface area contributed by atoms with Gasteiger partial charge in [0.25, 0.3) is 5.69 Å². The Morgan fingerprint density at radius 1 is 1.30 bits per heavy atom. The predicted octanol–water partition coefficient (Wildman–Crippen LogP) is 3.28. The summed E-state index contributed by atoms with van der Waals surface area (Å²) in [6.45, 7) is 0.406. The van der Waals surface area contributed by atoms with Crippen LogP contribution < -0.4 is 10.1 Å². The van der Waals surface area contributed by atoms with E-state index in [-0.39, 0.29) is 11.7 Å². The Morgan fingerprint density at radius 3 is 2.90 bits per heavy atom. The maximum atomic E-state index is 13.4. The number of anilines is 1. The topological polar surface area (TPSA) is 64.4 Å². The zero-order valence-corrected chi connectivity index (χ0v) is 10.4. The Morgan fingerprint density at radius 2 is 2.10 bits per heavy atom. The number of fused-ring (bicyclic) bond motifs is 1. The van der Waals surface area contributed by atoms with Crippen molar-refractivity contribution in [2.75, 3.05) is 11.9 Å². The Labute approximate surface area is 114 Å². The SMILES string of the molecule is O=[N+]([O-])c1cc(F)cc(NC2COc3ccccc32)c1. The second-order valence-electron chi connectivity index (χ2n) is 4.50. The van der Waals surface area contributed by atoms with E-state index in [4.69, 9.17) is 4.74 Å². The van der Waals surface area contributed by atoms with Gasteiger partial charge in [-0.25, -0.2) is 4.39 Å². The number of rotatable bonds is 3. The van der Waals surface area contributed by atoms with Gasteiger partial charge in [-0.2, -0.15) is 0 Å². The molecule has 0 radical (unpaired) electrons. The van der Waals surface area contributed by atoms with Crippen molar-refractivity contribution in [3.8, 4) is 5.75 Å². The first-order chi connectivity index (χ1) is 9.63. The van der Waals surface area contributed by atoms with Crippen LogP contribution in [0.4, 0.5) is 15.8 Å². The van der Waals surface area contributed by atoms with Crippen LogP contribution in [0.15, 0.2) is 42.5 Å². The maximum Gasteiger partial charge on any atom is 0.274 e. The van der Waals surface area contributed by atoms with E-state index >= 15 is 0 Å². The molecule has 0 saturated carbocycles. The van der Waals surface area contributed by atoms with Crippen LogP contribution in [-0.2, 0) is 0 Å². The van der Waals surface area contributed by atoms with Crippen molar-refractivity contribution in [2.45, 2.75) is 6.04 Å². The average Bonchev–Trinajstić information content (AvgIpc) is 2.82. The van der Waals surface area contributed by atoms with E-state index in [0.717, 1.165) is 17.4 Å². The van der Waals surface area contributed by atoms with Crippen LogP contribution in [-0.4, -0.2) is 11.5 Å². The fraction of sp³-hybridized carbons (Fsp3) is 0.143. The number of nitro benzene ring substituents is 1. The van der Waals surface area contributed by atoms with Gasteiger partial charge in [-0.05, 0) is 12.1 Å². The van der Waals surface area contributed by atoms with Gasteiger partial charge in [0.1, 0.15) is 18.2 Å². The molecule has 1 aliphatic heterocycles. The summed E-state index contributed by atoms with van der Waals surface area (Å²) in [6.07, 6.45) is 0. The van der Waals surface area contributed by atoms with Gasteiger partial charge in [-0.1, -0.05) is 18.2 Å². The number of nitro groups is 1. The molecule has 3 rings (SSSR count). The van der Waals surface area contributed by atoms with Gasteiger partial charge < -0.3 is 10.1 Å². The summed E-state index contributed by atoms with van der Waals surface area (Å²) < 4.78 is 18.9. The Balaban J connectivity index is 1.88. The quantitative estimate of drug-likeness (QED) is 0.689. The lowest BCUT2D eigenvalue weighted by Crippen LogP contribution is -2.12. The standard InChI is InChI=1S/C14H11FN2O3/c15-9-5-10(7-11(6-9)17(18)19)16-13-8-20-14-4-2-1-3-12(13)14/h1-7,13,16H,8H2. The van der Waals surface area contributed by atoms with Crippen LogP contribution in [0.5, 0.6) is 5.75 Å². The minimum Gasteiger partial charge on any atom is -0.491 e. The van der Waals surface area contributed by atoms with Crippen molar-refractivity contribution in [2.24, 2.45) is 0 Å². The Kier molecular flexibility index (Phi) is 2.98. The smallest absolute Gasteiger partial charge is 0.274 e. The second-order valence-corrected chi connectivity index (χ2v) is 4.50. The molecule has 0 amide bonds. The molecular weight excluding hydrogens is 263 g/mol. The van der Waals surface area contributed by atoms with Crippen molar-refractivity contribution in [1.82, 2.24) is 0 Å². The lowest BCUT2D eigenvalue weighted by atomic mass is 10.1. The van der Waals surface area contributed by atoms with E-state index in [9.17, 15) is 14.5 Å². The average molecular weight is 274 g/mol. The first kappa shape index (κ1) is 12.4. The van der Waals surface area contributed by atoms with E-state index < -0.39 is 10.7 Å². The molecule has 102 valence electrons. The minimum atomic E-state index is -0.645. The number of hydrogen-bond donors (Lipinski definition) is 1. The minimum absolute atomic E-state index is 0.146. The predicted molar refractivity (Wildman–Crippen MR) is 71.4 cm³/mol. The zero-order chi connectivity index (χ0) is 14.1. The molecule has 6 heteroatoms. The largest absolute Gasteiger partial charge is 0.491 e. The summed E-state index contributed by atoms with van der Waals surface area (Å²) in [5.41, 5.74) is 1.04. The molecule has 2 aromatic carbocycles. The van der Waals surface area contributed by atoms with Crippen molar-refractivity contribution in [3.05, 3.63) is 64.0 Å². The molecule has 1 aliphatic rings. The molecular formula is C14H11FN2O3. The molecule has 1 atom stereocenters. The van der Waals surface area contributed by atoms with Crippen LogP contribution in [0.3, 0.4) is 0 Å². The summed E-state index contributed by atoms with van der Waals surface area (Å²) in [7, 11) is 0. The van der Waals surface area contributed by atoms with E-state index in [1.165, 1.54) is 12.1 Å². The van der Waals surface area contributed by atoms with Crippen LogP contribution in [0.25, 0.3) is 0 Å². The molecule has 0 aliphatic carbocycles. The van der Waals surface area contributed by atoms with Gasteiger partial charge in [-0.3, -0.25) is 10.1 Å². The molecule has 5 nitrogen and oxygen atoms in total. The molecule has 1 heterocycles. The van der Waals surface area contributed by atoms with Gasteiger partial charge in [0, 0.05) is 17.3 Å². The van der Waals surface area contributed by atoms with Gasteiger partial charge >= 0.3 is 0 Å². The maximum absolute atomic E-state index is 13.4. The van der Waals surface area contributed by atoms with E-state index in [1.807, 2.05) is 24.3 Å². The van der Waals surface area contributed by atoms with Crippen molar-refractivity contribution < 1.29 is 14.1 Å². The van der Waals surface area contributed by atoms with Crippen molar-refractivity contribution >= 4 is 11.4 Å². The molecule has 1 N–H and O–H groups in total. The number of non-ortho nitro benzene ring substituents is 1. The summed E-state index contributed by atoms with van der Waals surface area (Å²) >= 11 is 0. The Bertz CT molecular complexity index is 675. The number of benzene rings is 2. The van der Waals surface area contributed by atoms with Gasteiger partial charge in [0.15, 0.2) is 0 Å². The van der Waals surface area contributed by atoms with Crippen molar-refractivity contribution in [1.29, 1.82) is 0 Å². The third-order valence-electron chi connectivity index (χ3n) is 3.13. The molecule has 0 spiro atoms. The van der Waals surface area contributed by atoms with E-state index in [0.29, 0.717) is 12.3 Å². The lowest BCUT2D eigenvalue weighted by Gasteiger charge is -2.13. The summed E-state index contributed by atoms with van der Waals surface area (Å²) in [5.74, 6) is 0.129. The number of nitrogens with zero attached hydrogens (tertiary/aromatic N) is 1. The van der Waals surface area contributed by atoms with E-state index in [1.54, 1.807) is 0 Å². The third-order valence-corrected chi connectivity index (χ3v) is 3.13. The highest BCUT2D eigenvalue weighted by Gasteiger charge is 2.24. The fourth-order valence-electron chi connectivity index (χ4n) is 2.25.